The van der Waals surface area contributed by atoms with Crippen molar-refractivity contribution in [2.24, 2.45) is 0 Å². The summed E-state index contributed by atoms with van der Waals surface area (Å²) >= 11 is 3.45. The van der Waals surface area contributed by atoms with Crippen LogP contribution < -0.4 is 10.1 Å². The Hall–Kier alpha value is -3.33. The highest BCUT2D eigenvalue weighted by atomic mass is 79.9. The van der Waals surface area contributed by atoms with Gasteiger partial charge < -0.3 is 10.1 Å². The Morgan fingerprint density at radius 1 is 1.17 bits per heavy atom. The van der Waals surface area contributed by atoms with Gasteiger partial charge in [0.1, 0.15) is 5.69 Å². The summed E-state index contributed by atoms with van der Waals surface area (Å²) < 4.78 is 8.19. The van der Waals surface area contributed by atoms with Crippen LogP contribution in [-0.4, -0.2) is 37.1 Å². The SMILES string of the molecule is CCOc1ccc2nc(-c3ccc(Br)cc3)c(CNC(=O)c3cnccn3)n2n1. The average molecular weight is 453 g/mol. The second-order valence-electron chi connectivity index (χ2n) is 6.06. The Morgan fingerprint density at radius 3 is 2.72 bits per heavy atom. The standard InChI is InChI=1S/C20H17BrN6O2/c1-2-29-18-8-7-17-25-19(13-3-5-14(21)6-4-13)16(27(17)26-18)12-24-20(28)15-11-22-9-10-23-15/h3-11H,2,12H2,1H3,(H,24,28). The lowest BCUT2D eigenvalue weighted by Gasteiger charge is -2.08. The number of ether oxygens (including phenoxy) is 1. The Labute approximate surface area is 175 Å². The summed E-state index contributed by atoms with van der Waals surface area (Å²) in [5.41, 5.74) is 3.30. The Morgan fingerprint density at radius 2 is 2.00 bits per heavy atom. The van der Waals surface area contributed by atoms with E-state index in [-0.39, 0.29) is 18.1 Å². The monoisotopic (exact) mass is 452 g/mol. The first-order valence-corrected chi connectivity index (χ1v) is 9.76. The second kappa shape index (κ2) is 8.36. The maximum Gasteiger partial charge on any atom is 0.271 e. The van der Waals surface area contributed by atoms with Crippen LogP contribution in [0.5, 0.6) is 5.88 Å². The highest BCUT2D eigenvalue weighted by Crippen LogP contribution is 2.26. The average Bonchev–Trinajstić information content (AvgIpc) is 3.11. The predicted molar refractivity (Wildman–Crippen MR) is 110 cm³/mol. The van der Waals surface area contributed by atoms with Crippen LogP contribution in [0.1, 0.15) is 23.1 Å². The molecular formula is C20H17BrN6O2. The van der Waals surface area contributed by atoms with E-state index < -0.39 is 0 Å². The maximum atomic E-state index is 12.4. The van der Waals surface area contributed by atoms with Crippen molar-refractivity contribution in [2.45, 2.75) is 13.5 Å². The van der Waals surface area contributed by atoms with E-state index in [1.807, 2.05) is 37.3 Å². The molecule has 0 atom stereocenters. The number of aromatic nitrogens is 5. The number of imidazole rings is 1. The molecule has 1 amide bonds. The van der Waals surface area contributed by atoms with E-state index >= 15 is 0 Å². The first kappa shape index (κ1) is 19.0. The van der Waals surface area contributed by atoms with Crippen molar-refractivity contribution in [3.05, 3.63) is 70.8 Å². The highest BCUT2D eigenvalue weighted by molar-refractivity contribution is 9.10. The molecule has 8 nitrogen and oxygen atoms in total. The fourth-order valence-corrected chi connectivity index (χ4v) is 3.12. The van der Waals surface area contributed by atoms with E-state index in [9.17, 15) is 4.79 Å². The van der Waals surface area contributed by atoms with Gasteiger partial charge in [0.05, 0.1) is 30.7 Å². The molecule has 4 rings (SSSR count). The molecule has 0 aliphatic rings. The summed E-state index contributed by atoms with van der Waals surface area (Å²) in [6, 6.07) is 11.4. The molecule has 0 fully saturated rings. The smallest absolute Gasteiger partial charge is 0.271 e. The number of carbonyl (C=O) groups is 1. The van der Waals surface area contributed by atoms with E-state index in [4.69, 9.17) is 9.72 Å². The third kappa shape index (κ3) is 4.09. The van der Waals surface area contributed by atoms with Gasteiger partial charge in [-0.15, -0.1) is 5.10 Å². The van der Waals surface area contributed by atoms with Crippen LogP contribution in [0.4, 0.5) is 0 Å². The Bertz CT molecular complexity index is 1150. The molecule has 0 aliphatic carbocycles. The van der Waals surface area contributed by atoms with Crippen LogP contribution in [0.25, 0.3) is 16.9 Å². The van der Waals surface area contributed by atoms with Gasteiger partial charge in [-0.1, -0.05) is 28.1 Å². The zero-order chi connectivity index (χ0) is 20.2. The number of carbonyl (C=O) groups excluding carboxylic acids is 1. The second-order valence-corrected chi connectivity index (χ2v) is 6.98. The lowest BCUT2D eigenvalue weighted by Crippen LogP contribution is -2.25. The van der Waals surface area contributed by atoms with Gasteiger partial charge in [0.25, 0.3) is 5.91 Å². The van der Waals surface area contributed by atoms with Crippen molar-refractivity contribution in [2.75, 3.05) is 6.61 Å². The lowest BCUT2D eigenvalue weighted by molar-refractivity contribution is 0.0945. The van der Waals surface area contributed by atoms with Crippen molar-refractivity contribution < 1.29 is 9.53 Å². The van der Waals surface area contributed by atoms with Gasteiger partial charge in [0, 0.05) is 28.5 Å². The summed E-state index contributed by atoms with van der Waals surface area (Å²) in [6.07, 6.45) is 4.42. The first-order chi connectivity index (χ1) is 14.2. The molecule has 9 heteroatoms. The van der Waals surface area contributed by atoms with Gasteiger partial charge in [0.2, 0.25) is 5.88 Å². The van der Waals surface area contributed by atoms with Crippen molar-refractivity contribution >= 4 is 27.5 Å². The predicted octanol–water partition coefficient (Wildman–Crippen LogP) is 3.28. The van der Waals surface area contributed by atoms with Gasteiger partial charge >= 0.3 is 0 Å². The number of halogens is 1. The molecule has 4 aromatic rings. The zero-order valence-corrected chi connectivity index (χ0v) is 17.1. The molecule has 0 radical (unpaired) electrons. The quantitative estimate of drug-likeness (QED) is 0.482. The lowest BCUT2D eigenvalue weighted by atomic mass is 10.1. The minimum Gasteiger partial charge on any atom is -0.477 e. The highest BCUT2D eigenvalue weighted by Gasteiger charge is 2.17. The number of rotatable bonds is 6. The Balaban J connectivity index is 1.73. The number of hydrogen-bond acceptors (Lipinski definition) is 6. The largest absolute Gasteiger partial charge is 0.477 e. The minimum atomic E-state index is -0.323. The summed E-state index contributed by atoms with van der Waals surface area (Å²) in [6.45, 7) is 2.62. The van der Waals surface area contributed by atoms with Crippen LogP contribution in [0.3, 0.4) is 0 Å². The van der Waals surface area contributed by atoms with Gasteiger partial charge in [-0.2, -0.15) is 0 Å². The molecular weight excluding hydrogens is 436 g/mol. The topological polar surface area (TPSA) is 94.3 Å². The van der Waals surface area contributed by atoms with Crippen molar-refractivity contribution in [3.63, 3.8) is 0 Å². The fraction of sp³-hybridized carbons (Fsp3) is 0.150. The summed E-state index contributed by atoms with van der Waals surface area (Å²) in [4.78, 5) is 25.1. The Kier molecular flexibility index (Phi) is 5.48. The molecule has 29 heavy (non-hydrogen) atoms. The summed E-state index contributed by atoms with van der Waals surface area (Å²) in [5, 5.41) is 7.40. The molecule has 0 aliphatic heterocycles. The van der Waals surface area contributed by atoms with Crippen LogP contribution >= 0.6 is 15.9 Å². The van der Waals surface area contributed by atoms with Crippen LogP contribution in [0.15, 0.2) is 59.5 Å². The van der Waals surface area contributed by atoms with Crippen LogP contribution in [-0.2, 0) is 6.54 Å². The maximum absolute atomic E-state index is 12.4. The van der Waals surface area contributed by atoms with E-state index in [0.29, 0.717) is 18.1 Å². The number of nitrogens with zero attached hydrogens (tertiary/aromatic N) is 5. The number of fused-ring (bicyclic) bond motifs is 1. The molecule has 0 saturated heterocycles. The molecule has 0 spiro atoms. The summed E-state index contributed by atoms with van der Waals surface area (Å²) in [5.74, 6) is 0.164. The van der Waals surface area contributed by atoms with Gasteiger partial charge in [0.15, 0.2) is 5.65 Å². The molecule has 1 N–H and O–H groups in total. The van der Waals surface area contributed by atoms with Gasteiger partial charge in [-0.05, 0) is 25.1 Å². The molecule has 0 saturated carbocycles. The van der Waals surface area contributed by atoms with Crippen molar-refractivity contribution in [3.8, 4) is 17.1 Å². The van der Waals surface area contributed by atoms with Gasteiger partial charge in [-0.25, -0.2) is 14.5 Å². The van der Waals surface area contributed by atoms with Crippen LogP contribution in [0, 0.1) is 0 Å². The molecule has 3 heterocycles. The number of benzene rings is 1. The molecule has 0 bridgehead atoms. The van der Waals surface area contributed by atoms with E-state index in [2.05, 4.69) is 36.3 Å². The number of amides is 1. The van der Waals surface area contributed by atoms with Crippen LogP contribution in [0.2, 0.25) is 0 Å². The summed E-state index contributed by atoms with van der Waals surface area (Å²) in [7, 11) is 0. The molecule has 1 aromatic carbocycles. The molecule has 3 aromatic heterocycles. The first-order valence-electron chi connectivity index (χ1n) is 8.97. The van der Waals surface area contributed by atoms with E-state index in [1.165, 1.54) is 18.6 Å². The van der Waals surface area contributed by atoms with E-state index in [0.717, 1.165) is 21.4 Å². The van der Waals surface area contributed by atoms with E-state index in [1.54, 1.807) is 10.6 Å². The third-order valence-corrected chi connectivity index (χ3v) is 4.70. The van der Waals surface area contributed by atoms with Gasteiger partial charge in [-0.3, -0.25) is 9.78 Å². The molecule has 146 valence electrons. The number of nitrogens with one attached hydrogen (secondary N) is 1. The van der Waals surface area contributed by atoms with Crippen molar-refractivity contribution in [1.29, 1.82) is 0 Å². The third-order valence-electron chi connectivity index (χ3n) is 4.17. The minimum absolute atomic E-state index is 0.213. The number of hydrogen-bond donors (Lipinski definition) is 1. The normalized spacial score (nSPS) is 10.8. The fourth-order valence-electron chi connectivity index (χ4n) is 2.86. The molecule has 0 unspecified atom stereocenters. The zero-order valence-electron chi connectivity index (χ0n) is 15.5. The van der Waals surface area contributed by atoms with Crippen molar-refractivity contribution in [1.82, 2.24) is 29.9 Å².